The zero-order chi connectivity index (χ0) is 19.4. The molecule has 27 heavy (non-hydrogen) atoms. The van der Waals surface area contributed by atoms with Crippen LogP contribution in [0, 0.1) is 11.6 Å². The lowest BCUT2D eigenvalue weighted by molar-refractivity contribution is 0.0602. The average Bonchev–Trinajstić information content (AvgIpc) is 2.68. The summed E-state index contributed by atoms with van der Waals surface area (Å²) in [4.78, 5) is 24.5. The number of rotatable bonds is 4. The molecule has 6 heteroatoms. The van der Waals surface area contributed by atoms with Crippen LogP contribution >= 0.6 is 0 Å². The third-order valence-corrected chi connectivity index (χ3v) is 3.95. The van der Waals surface area contributed by atoms with Crippen molar-refractivity contribution in [1.29, 1.82) is 0 Å². The van der Waals surface area contributed by atoms with Gasteiger partial charge in [-0.3, -0.25) is 4.79 Å². The van der Waals surface area contributed by atoms with Crippen molar-refractivity contribution in [3.63, 3.8) is 0 Å². The molecule has 136 valence electrons. The molecule has 0 aliphatic rings. The molecule has 0 fully saturated rings. The van der Waals surface area contributed by atoms with Crippen molar-refractivity contribution in [2.24, 2.45) is 0 Å². The van der Waals surface area contributed by atoms with E-state index in [9.17, 15) is 18.4 Å². The second-order valence-corrected chi connectivity index (χ2v) is 5.70. The summed E-state index contributed by atoms with van der Waals surface area (Å²) in [6.07, 6.45) is 0. The third-order valence-electron chi connectivity index (χ3n) is 3.95. The molecule has 0 saturated heterocycles. The smallest absolute Gasteiger partial charge is 0.339 e. The molecule has 0 saturated carbocycles. The Morgan fingerprint density at radius 1 is 0.926 bits per heavy atom. The zero-order valence-electron chi connectivity index (χ0n) is 14.3. The zero-order valence-corrected chi connectivity index (χ0v) is 14.3. The minimum Gasteiger partial charge on any atom is -0.465 e. The number of nitrogens with one attached hydrogen (secondary N) is 1. The lowest BCUT2D eigenvalue weighted by Crippen LogP contribution is -2.15. The maximum atomic E-state index is 14.1. The fourth-order valence-corrected chi connectivity index (χ4v) is 2.61. The van der Waals surface area contributed by atoms with E-state index in [0.717, 1.165) is 12.1 Å². The van der Waals surface area contributed by atoms with Gasteiger partial charge in [-0.1, -0.05) is 24.3 Å². The van der Waals surface area contributed by atoms with Gasteiger partial charge < -0.3 is 10.1 Å². The third kappa shape index (κ3) is 4.00. The van der Waals surface area contributed by atoms with E-state index in [1.807, 2.05) is 0 Å². The Morgan fingerprint density at radius 3 is 2.33 bits per heavy atom. The number of carbonyl (C=O) groups is 2. The lowest BCUT2D eigenvalue weighted by atomic mass is 10.0. The van der Waals surface area contributed by atoms with Gasteiger partial charge in [0.25, 0.3) is 5.91 Å². The molecule has 0 aliphatic heterocycles. The van der Waals surface area contributed by atoms with Crippen molar-refractivity contribution in [2.45, 2.75) is 0 Å². The van der Waals surface area contributed by atoms with Crippen LogP contribution in [0.15, 0.2) is 66.7 Å². The van der Waals surface area contributed by atoms with Crippen molar-refractivity contribution in [3.05, 3.63) is 89.5 Å². The molecule has 3 aromatic carbocycles. The quantitative estimate of drug-likeness (QED) is 0.682. The van der Waals surface area contributed by atoms with Gasteiger partial charge in [-0.05, 0) is 42.0 Å². The van der Waals surface area contributed by atoms with E-state index in [-0.39, 0.29) is 16.8 Å². The molecule has 0 radical (unpaired) electrons. The molecule has 0 atom stereocenters. The summed E-state index contributed by atoms with van der Waals surface area (Å²) in [5.41, 5.74) is 1.20. The summed E-state index contributed by atoms with van der Waals surface area (Å²) in [5.74, 6) is -2.52. The van der Waals surface area contributed by atoms with Gasteiger partial charge in [0.1, 0.15) is 11.6 Å². The number of hydrogen-bond donors (Lipinski definition) is 1. The van der Waals surface area contributed by atoms with Crippen LogP contribution in [0.4, 0.5) is 14.5 Å². The molecule has 4 nitrogen and oxygen atoms in total. The predicted molar refractivity (Wildman–Crippen MR) is 97.5 cm³/mol. The van der Waals surface area contributed by atoms with E-state index in [4.69, 9.17) is 4.74 Å². The number of ether oxygens (including phenoxy) is 1. The van der Waals surface area contributed by atoms with Gasteiger partial charge in [0, 0.05) is 17.2 Å². The molecular formula is C21H15F2NO3. The largest absolute Gasteiger partial charge is 0.465 e. The van der Waals surface area contributed by atoms with E-state index >= 15 is 0 Å². The highest BCUT2D eigenvalue weighted by Gasteiger charge is 2.17. The second-order valence-electron chi connectivity index (χ2n) is 5.70. The molecule has 3 aromatic rings. The first-order valence-corrected chi connectivity index (χ1v) is 8.04. The summed E-state index contributed by atoms with van der Waals surface area (Å²) in [6, 6.07) is 16.0. The Kier molecular flexibility index (Phi) is 5.26. The van der Waals surface area contributed by atoms with Crippen LogP contribution < -0.4 is 5.32 Å². The Labute approximate surface area is 154 Å². The molecule has 1 N–H and O–H groups in total. The Hall–Kier alpha value is -3.54. The summed E-state index contributed by atoms with van der Waals surface area (Å²) in [6.45, 7) is 0. The van der Waals surface area contributed by atoms with E-state index in [1.165, 1.54) is 31.4 Å². The summed E-state index contributed by atoms with van der Waals surface area (Å²) >= 11 is 0. The van der Waals surface area contributed by atoms with E-state index in [1.54, 1.807) is 30.3 Å². The molecule has 3 rings (SSSR count). The first-order chi connectivity index (χ1) is 13.0. The van der Waals surface area contributed by atoms with Gasteiger partial charge in [-0.25, -0.2) is 13.6 Å². The molecule has 1 amide bonds. The van der Waals surface area contributed by atoms with Gasteiger partial charge in [0.15, 0.2) is 0 Å². The normalized spacial score (nSPS) is 10.3. The minimum absolute atomic E-state index is 0.119. The van der Waals surface area contributed by atoms with Crippen LogP contribution in [-0.4, -0.2) is 19.0 Å². The minimum atomic E-state index is -0.749. The number of amides is 1. The van der Waals surface area contributed by atoms with E-state index in [0.29, 0.717) is 11.1 Å². The predicted octanol–water partition coefficient (Wildman–Crippen LogP) is 4.67. The number of methoxy groups -OCH3 is 1. The Morgan fingerprint density at radius 2 is 1.67 bits per heavy atom. The van der Waals surface area contributed by atoms with Crippen LogP contribution in [0.3, 0.4) is 0 Å². The SMILES string of the molecule is COC(=O)c1ccc(-c2ccc(F)cc2F)cc1NC(=O)c1ccccc1. The number of benzene rings is 3. The van der Waals surface area contributed by atoms with Crippen LogP contribution in [0.2, 0.25) is 0 Å². The monoisotopic (exact) mass is 367 g/mol. The first kappa shape index (κ1) is 18.3. The average molecular weight is 367 g/mol. The second kappa shape index (κ2) is 7.78. The highest BCUT2D eigenvalue weighted by atomic mass is 19.1. The molecule has 0 bridgehead atoms. The van der Waals surface area contributed by atoms with Gasteiger partial charge in [0.05, 0.1) is 18.4 Å². The fourth-order valence-electron chi connectivity index (χ4n) is 2.61. The highest BCUT2D eigenvalue weighted by molar-refractivity contribution is 6.08. The molecular weight excluding hydrogens is 352 g/mol. The number of hydrogen-bond acceptors (Lipinski definition) is 3. The van der Waals surface area contributed by atoms with Crippen LogP contribution in [0.1, 0.15) is 20.7 Å². The van der Waals surface area contributed by atoms with Crippen molar-refractivity contribution >= 4 is 17.6 Å². The molecule has 0 unspecified atom stereocenters. The van der Waals surface area contributed by atoms with Crippen LogP contribution in [0.5, 0.6) is 0 Å². The van der Waals surface area contributed by atoms with E-state index < -0.39 is 23.5 Å². The Balaban J connectivity index is 2.03. The van der Waals surface area contributed by atoms with Crippen molar-refractivity contribution < 1.29 is 23.1 Å². The van der Waals surface area contributed by atoms with Gasteiger partial charge in [-0.2, -0.15) is 0 Å². The number of anilines is 1. The Bertz CT molecular complexity index is 1000. The van der Waals surface area contributed by atoms with Crippen molar-refractivity contribution in [2.75, 3.05) is 12.4 Å². The standard InChI is InChI=1S/C21H15F2NO3/c1-27-21(26)17-9-7-14(16-10-8-15(22)12-18(16)23)11-19(17)24-20(25)13-5-3-2-4-6-13/h2-12H,1H3,(H,24,25). The summed E-state index contributed by atoms with van der Waals surface area (Å²) in [5, 5.41) is 2.65. The summed E-state index contributed by atoms with van der Waals surface area (Å²) < 4.78 is 32.0. The topological polar surface area (TPSA) is 55.4 Å². The van der Waals surface area contributed by atoms with Crippen molar-refractivity contribution in [3.8, 4) is 11.1 Å². The molecule has 0 heterocycles. The van der Waals surface area contributed by atoms with Crippen LogP contribution in [0.25, 0.3) is 11.1 Å². The molecule has 0 aliphatic carbocycles. The highest BCUT2D eigenvalue weighted by Crippen LogP contribution is 2.29. The molecule has 0 aromatic heterocycles. The van der Waals surface area contributed by atoms with Gasteiger partial charge >= 0.3 is 5.97 Å². The number of esters is 1. The summed E-state index contributed by atoms with van der Waals surface area (Å²) in [7, 11) is 1.22. The van der Waals surface area contributed by atoms with Crippen LogP contribution in [-0.2, 0) is 4.74 Å². The maximum absolute atomic E-state index is 14.1. The lowest BCUT2D eigenvalue weighted by Gasteiger charge is -2.13. The van der Waals surface area contributed by atoms with Gasteiger partial charge in [0.2, 0.25) is 0 Å². The fraction of sp³-hybridized carbons (Fsp3) is 0.0476. The van der Waals surface area contributed by atoms with Gasteiger partial charge in [-0.15, -0.1) is 0 Å². The van der Waals surface area contributed by atoms with E-state index in [2.05, 4.69) is 5.32 Å². The number of halogens is 2. The number of carbonyl (C=O) groups excluding carboxylic acids is 2. The first-order valence-electron chi connectivity index (χ1n) is 8.04. The van der Waals surface area contributed by atoms with Crippen molar-refractivity contribution in [1.82, 2.24) is 0 Å². The maximum Gasteiger partial charge on any atom is 0.339 e. The molecule has 0 spiro atoms.